The van der Waals surface area contributed by atoms with Crippen molar-refractivity contribution < 1.29 is 19.1 Å². The van der Waals surface area contributed by atoms with Crippen LogP contribution in [0.1, 0.15) is 32.6 Å². The van der Waals surface area contributed by atoms with Crippen LogP contribution in [0.3, 0.4) is 0 Å². The number of ether oxygens (including phenoxy) is 2. The minimum Gasteiger partial charge on any atom is -0.463 e. The van der Waals surface area contributed by atoms with Gasteiger partial charge in [0.1, 0.15) is 0 Å². The van der Waals surface area contributed by atoms with Gasteiger partial charge in [0.25, 0.3) is 0 Å². The van der Waals surface area contributed by atoms with Crippen molar-refractivity contribution in [2.24, 2.45) is 0 Å². The van der Waals surface area contributed by atoms with Crippen LogP contribution < -0.4 is 0 Å². The number of hydrogen-bond acceptors (Lipinski definition) is 4. The Bertz CT molecular complexity index is 281. The van der Waals surface area contributed by atoms with Gasteiger partial charge < -0.3 is 9.47 Å². The summed E-state index contributed by atoms with van der Waals surface area (Å²) in [5.74, 6) is -0.731. The maximum atomic E-state index is 11.0. The fourth-order valence-corrected chi connectivity index (χ4v) is 1.08. The zero-order valence-corrected chi connectivity index (χ0v) is 10.4. The van der Waals surface area contributed by atoms with Crippen molar-refractivity contribution in [3.8, 4) is 0 Å². The third-order valence-electron chi connectivity index (χ3n) is 2.03. The molecule has 0 aliphatic heterocycles. The summed E-state index contributed by atoms with van der Waals surface area (Å²) in [5.41, 5.74) is 0.418. The Balaban J connectivity index is 3.24. The van der Waals surface area contributed by atoms with Gasteiger partial charge in [0.2, 0.25) is 0 Å². The first-order valence-electron chi connectivity index (χ1n) is 5.69. The third kappa shape index (κ3) is 9.35. The van der Waals surface area contributed by atoms with Crippen LogP contribution in [0.15, 0.2) is 24.8 Å². The van der Waals surface area contributed by atoms with Crippen LogP contribution in [-0.4, -0.2) is 25.2 Å². The van der Waals surface area contributed by atoms with E-state index in [1.807, 2.05) is 0 Å². The number of rotatable bonds is 9. The predicted octanol–water partition coefficient (Wildman–Crippen LogP) is 2.40. The molecule has 17 heavy (non-hydrogen) atoms. The molecule has 0 aromatic heterocycles. The summed E-state index contributed by atoms with van der Waals surface area (Å²) in [5, 5.41) is 0. The molecule has 0 amide bonds. The van der Waals surface area contributed by atoms with Crippen molar-refractivity contribution in [2.45, 2.75) is 32.6 Å². The van der Waals surface area contributed by atoms with E-state index >= 15 is 0 Å². The van der Waals surface area contributed by atoms with Crippen LogP contribution >= 0.6 is 0 Å². The maximum absolute atomic E-state index is 11.0. The number of esters is 2. The highest BCUT2D eigenvalue weighted by molar-refractivity contribution is 5.86. The SMILES string of the molecule is C=CC(=O)OCCCCCCOC(=O)C(=C)C. The molecule has 96 valence electrons. The molecule has 0 atom stereocenters. The molecule has 4 nitrogen and oxygen atoms in total. The van der Waals surface area contributed by atoms with E-state index in [4.69, 9.17) is 9.47 Å². The predicted molar refractivity (Wildman–Crippen MR) is 65.4 cm³/mol. The minimum atomic E-state index is -0.389. The summed E-state index contributed by atoms with van der Waals surface area (Å²) in [6, 6.07) is 0. The summed E-state index contributed by atoms with van der Waals surface area (Å²) in [7, 11) is 0. The van der Waals surface area contributed by atoms with Gasteiger partial charge in [-0.25, -0.2) is 9.59 Å². The molecule has 0 aliphatic rings. The standard InChI is InChI=1S/C13H20O4/c1-4-12(14)16-9-7-5-6-8-10-17-13(15)11(2)3/h4H,1-2,5-10H2,3H3. The second-order valence-electron chi connectivity index (χ2n) is 3.70. The van der Waals surface area contributed by atoms with Gasteiger partial charge in [-0.15, -0.1) is 0 Å². The Kier molecular flexibility index (Phi) is 8.74. The van der Waals surface area contributed by atoms with Gasteiger partial charge in [0.15, 0.2) is 0 Å². The van der Waals surface area contributed by atoms with Crippen LogP contribution in [0.2, 0.25) is 0 Å². The Morgan fingerprint density at radius 3 is 2.06 bits per heavy atom. The average Bonchev–Trinajstić information content (AvgIpc) is 2.31. The van der Waals surface area contributed by atoms with E-state index in [1.165, 1.54) is 0 Å². The van der Waals surface area contributed by atoms with E-state index < -0.39 is 0 Å². The second kappa shape index (κ2) is 9.63. The highest BCUT2D eigenvalue weighted by Crippen LogP contribution is 2.02. The minimum absolute atomic E-state index is 0.343. The Morgan fingerprint density at radius 1 is 1.06 bits per heavy atom. The van der Waals surface area contributed by atoms with Crippen molar-refractivity contribution in [1.82, 2.24) is 0 Å². The molecular formula is C13H20O4. The van der Waals surface area contributed by atoms with Crippen molar-refractivity contribution in [3.05, 3.63) is 24.8 Å². The lowest BCUT2D eigenvalue weighted by atomic mass is 10.2. The summed E-state index contributed by atoms with van der Waals surface area (Å²) < 4.78 is 9.74. The van der Waals surface area contributed by atoms with Crippen LogP contribution in [0, 0.1) is 0 Å². The van der Waals surface area contributed by atoms with Gasteiger partial charge in [0.05, 0.1) is 13.2 Å². The molecular weight excluding hydrogens is 220 g/mol. The molecule has 0 fully saturated rings. The van der Waals surface area contributed by atoms with Crippen LogP contribution in [0.25, 0.3) is 0 Å². The summed E-state index contributed by atoms with van der Waals surface area (Å²) in [6.45, 7) is 9.24. The smallest absolute Gasteiger partial charge is 0.333 e. The van der Waals surface area contributed by atoms with Crippen LogP contribution in [0.4, 0.5) is 0 Å². The molecule has 0 rings (SSSR count). The molecule has 0 spiro atoms. The first-order valence-corrected chi connectivity index (χ1v) is 5.69. The molecule has 0 aliphatic carbocycles. The Hall–Kier alpha value is -1.58. The van der Waals surface area contributed by atoms with Crippen molar-refractivity contribution in [1.29, 1.82) is 0 Å². The first-order chi connectivity index (χ1) is 8.07. The molecule has 0 bridgehead atoms. The van der Waals surface area contributed by atoms with Crippen molar-refractivity contribution in [2.75, 3.05) is 13.2 Å². The zero-order valence-electron chi connectivity index (χ0n) is 10.4. The van der Waals surface area contributed by atoms with E-state index in [0.717, 1.165) is 31.8 Å². The summed E-state index contributed by atoms with van der Waals surface area (Å²) in [4.78, 5) is 21.7. The van der Waals surface area contributed by atoms with Crippen molar-refractivity contribution in [3.63, 3.8) is 0 Å². The number of carbonyl (C=O) groups excluding carboxylic acids is 2. The maximum Gasteiger partial charge on any atom is 0.333 e. The molecule has 0 N–H and O–H groups in total. The highest BCUT2D eigenvalue weighted by atomic mass is 16.5. The third-order valence-corrected chi connectivity index (χ3v) is 2.03. The van der Waals surface area contributed by atoms with Gasteiger partial charge in [-0.05, 0) is 32.6 Å². The fraction of sp³-hybridized carbons (Fsp3) is 0.538. The molecule has 0 radical (unpaired) electrons. The van der Waals surface area contributed by atoms with Crippen LogP contribution in [0.5, 0.6) is 0 Å². The molecule has 0 heterocycles. The van der Waals surface area contributed by atoms with E-state index in [0.29, 0.717) is 18.8 Å². The molecule has 0 unspecified atom stereocenters. The highest BCUT2D eigenvalue weighted by Gasteiger charge is 2.01. The van der Waals surface area contributed by atoms with E-state index in [9.17, 15) is 9.59 Å². The van der Waals surface area contributed by atoms with E-state index in [2.05, 4.69) is 13.2 Å². The van der Waals surface area contributed by atoms with Crippen molar-refractivity contribution >= 4 is 11.9 Å². The van der Waals surface area contributed by atoms with Gasteiger partial charge in [-0.1, -0.05) is 13.2 Å². The molecule has 4 heteroatoms. The average molecular weight is 240 g/mol. The summed E-state index contributed by atoms with van der Waals surface area (Å²) in [6.07, 6.45) is 4.66. The van der Waals surface area contributed by atoms with Gasteiger partial charge in [0, 0.05) is 11.6 Å². The fourth-order valence-electron chi connectivity index (χ4n) is 1.08. The topological polar surface area (TPSA) is 52.6 Å². The lowest BCUT2D eigenvalue weighted by Crippen LogP contribution is -2.06. The van der Waals surface area contributed by atoms with Crippen LogP contribution in [-0.2, 0) is 19.1 Å². The van der Waals surface area contributed by atoms with Gasteiger partial charge in [-0.2, -0.15) is 0 Å². The normalized spacial score (nSPS) is 9.47. The molecule has 0 aromatic rings. The Labute approximate surface area is 102 Å². The lowest BCUT2D eigenvalue weighted by Gasteiger charge is -2.04. The molecule has 0 saturated heterocycles. The second-order valence-corrected chi connectivity index (χ2v) is 3.70. The zero-order chi connectivity index (χ0) is 13.1. The molecule has 0 saturated carbocycles. The first kappa shape index (κ1) is 15.4. The number of carbonyl (C=O) groups is 2. The van der Waals surface area contributed by atoms with Gasteiger partial charge >= 0.3 is 11.9 Å². The van der Waals surface area contributed by atoms with E-state index in [1.54, 1.807) is 6.92 Å². The summed E-state index contributed by atoms with van der Waals surface area (Å²) >= 11 is 0. The molecule has 0 aromatic carbocycles. The quantitative estimate of drug-likeness (QED) is 0.353. The largest absolute Gasteiger partial charge is 0.463 e. The number of unbranched alkanes of at least 4 members (excludes halogenated alkanes) is 3. The lowest BCUT2D eigenvalue weighted by molar-refractivity contribution is -0.139. The Morgan fingerprint density at radius 2 is 1.59 bits per heavy atom. The van der Waals surface area contributed by atoms with E-state index in [-0.39, 0.29) is 11.9 Å². The monoisotopic (exact) mass is 240 g/mol. The van der Waals surface area contributed by atoms with Gasteiger partial charge in [-0.3, -0.25) is 0 Å². The number of hydrogen-bond donors (Lipinski definition) is 0.